The van der Waals surface area contributed by atoms with Gasteiger partial charge in [-0.15, -0.1) is 0 Å². The van der Waals surface area contributed by atoms with E-state index in [4.69, 9.17) is 9.47 Å². The van der Waals surface area contributed by atoms with Crippen molar-refractivity contribution in [2.24, 2.45) is 5.92 Å². The van der Waals surface area contributed by atoms with Gasteiger partial charge in [0, 0.05) is 57.2 Å². The van der Waals surface area contributed by atoms with Gasteiger partial charge in [0.05, 0.1) is 27.7 Å². The molecule has 6 rings (SSSR count). The van der Waals surface area contributed by atoms with Crippen molar-refractivity contribution in [1.82, 2.24) is 24.3 Å². The van der Waals surface area contributed by atoms with Gasteiger partial charge in [0.1, 0.15) is 17.5 Å². The smallest absolute Gasteiger partial charge is 0.295 e. The summed E-state index contributed by atoms with van der Waals surface area (Å²) in [5, 5.41) is 7.72. The number of hydrogen-bond donors (Lipinski definition) is 1. The van der Waals surface area contributed by atoms with E-state index in [2.05, 4.69) is 20.4 Å². The van der Waals surface area contributed by atoms with Crippen molar-refractivity contribution in [1.29, 1.82) is 0 Å². The highest BCUT2D eigenvalue weighted by Gasteiger charge is 2.32. The number of Topliss-reactive ketones (excluding diaryl/α,β-unsaturated/α-hetero) is 1. The molecule has 1 aliphatic heterocycles. The zero-order valence-electron chi connectivity index (χ0n) is 25.2. The molecule has 0 radical (unpaired) electrons. The molecule has 1 atom stereocenters. The van der Waals surface area contributed by atoms with Crippen molar-refractivity contribution < 1.29 is 31.5 Å². The van der Waals surface area contributed by atoms with Gasteiger partial charge in [0.25, 0.3) is 6.43 Å². The lowest BCUT2D eigenvalue weighted by molar-refractivity contribution is -0.119. The summed E-state index contributed by atoms with van der Waals surface area (Å²) in [4.78, 5) is 21.7. The number of ether oxygens (including phenoxy) is 2. The van der Waals surface area contributed by atoms with Gasteiger partial charge in [0.2, 0.25) is 0 Å². The molecule has 0 amide bonds. The van der Waals surface area contributed by atoms with Crippen LogP contribution in [0.4, 0.5) is 20.2 Å². The number of carbonyl (C=O) groups is 1. The fraction of sp³-hybridized carbons (Fsp3) is 0.484. The Kier molecular flexibility index (Phi) is 8.98. The van der Waals surface area contributed by atoms with Crippen molar-refractivity contribution in [3.8, 4) is 11.3 Å². The SMILES string of the molecule is COCCCn1ccc(-c2ccc(Nc3cc(CC(=O)C4CC4)nc4c3nc(C(F)F)n4C3CCCCO3)c(S(C)(=O)=O)c2)n1. The van der Waals surface area contributed by atoms with Crippen molar-refractivity contribution in [3.63, 3.8) is 0 Å². The van der Waals surface area contributed by atoms with E-state index in [0.29, 0.717) is 43.1 Å². The van der Waals surface area contributed by atoms with Gasteiger partial charge in [-0.1, -0.05) is 6.07 Å². The molecule has 1 aromatic carbocycles. The number of aromatic nitrogens is 5. The van der Waals surface area contributed by atoms with E-state index in [1.54, 1.807) is 30.0 Å². The molecule has 1 N–H and O–H groups in total. The van der Waals surface area contributed by atoms with Crippen LogP contribution in [0.25, 0.3) is 22.4 Å². The maximum atomic E-state index is 14.4. The first-order valence-electron chi connectivity index (χ1n) is 15.1. The van der Waals surface area contributed by atoms with Crippen LogP contribution in [0.3, 0.4) is 0 Å². The molecule has 1 aliphatic carbocycles. The highest BCUT2D eigenvalue weighted by molar-refractivity contribution is 7.90. The number of methoxy groups -OCH3 is 1. The number of imidazole rings is 1. The van der Waals surface area contributed by atoms with Gasteiger partial charge in [0.15, 0.2) is 21.3 Å². The molecule has 240 valence electrons. The van der Waals surface area contributed by atoms with Crippen LogP contribution in [-0.4, -0.2) is 65.1 Å². The highest BCUT2D eigenvalue weighted by atomic mass is 32.2. The zero-order valence-corrected chi connectivity index (χ0v) is 26.0. The third kappa shape index (κ3) is 6.92. The van der Waals surface area contributed by atoms with E-state index >= 15 is 0 Å². The number of anilines is 2. The number of nitrogens with zero attached hydrogens (tertiary/aromatic N) is 5. The van der Waals surface area contributed by atoms with Crippen LogP contribution in [0, 0.1) is 5.92 Å². The molecule has 3 aromatic heterocycles. The summed E-state index contributed by atoms with van der Waals surface area (Å²) in [7, 11) is -2.13. The van der Waals surface area contributed by atoms with Crippen LogP contribution in [0.1, 0.15) is 62.7 Å². The summed E-state index contributed by atoms with van der Waals surface area (Å²) in [5.74, 6) is -0.474. The number of rotatable bonds is 13. The molecular weight excluding hydrogens is 606 g/mol. The summed E-state index contributed by atoms with van der Waals surface area (Å²) in [5.41, 5.74) is 2.39. The molecule has 11 nitrogen and oxygen atoms in total. The predicted octanol–water partition coefficient (Wildman–Crippen LogP) is 5.64. The number of carbonyl (C=O) groups excluding carboxylic acids is 1. The number of pyridine rings is 1. The molecule has 0 spiro atoms. The third-order valence-electron chi connectivity index (χ3n) is 8.08. The Hall–Kier alpha value is -3.75. The van der Waals surface area contributed by atoms with Crippen LogP contribution in [0.5, 0.6) is 0 Å². The number of alkyl halides is 2. The highest BCUT2D eigenvalue weighted by Crippen LogP contribution is 2.38. The molecule has 1 unspecified atom stereocenters. The largest absolute Gasteiger partial charge is 0.385 e. The first-order valence-corrected chi connectivity index (χ1v) is 17.0. The second-order valence-electron chi connectivity index (χ2n) is 11.6. The first-order chi connectivity index (χ1) is 21.6. The normalized spacial score (nSPS) is 17.3. The van der Waals surface area contributed by atoms with Crippen LogP contribution in [0.15, 0.2) is 41.4 Å². The van der Waals surface area contributed by atoms with E-state index in [1.807, 2.05) is 12.3 Å². The van der Waals surface area contributed by atoms with Gasteiger partial charge in [-0.2, -0.15) is 5.10 Å². The fourth-order valence-corrected chi connectivity index (χ4v) is 6.52. The standard InChI is InChI=1S/C31H36F2N6O5S/c1-43-14-5-12-38-13-11-22(37-38)20-9-10-23(26(16-20)45(2,41)42)35-24-17-21(18-25(40)19-7-8-19)34-30-28(24)36-31(29(32)33)39(30)27-6-3-4-15-44-27/h9-11,13,16-17,19,27,29H,3-8,12,14-15,18H2,1-2H3,(H,34,35). The Balaban J connectivity index is 1.42. The molecule has 2 fully saturated rings. The minimum absolute atomic E-state index is 0.00127. The zero-order chi connectivity index (χ0) is 31.7. The quantitative estimate of drug-likeness (QED) is 0.184. The molecule has 14 heteroatoms. The number of hydrogen-bond acceptors (Lipinski definition) is 9. The lowest BCUT2D eigenvalue weighted by Gasteiger charge is -2.25. The van der Waals surface area contributed by atoms with Gasteiger partial charge in [-0.25, -0.2) is 27.2 Å². The summed E-state index contributed by atoms with van der Waals surface area (Å²) >= 11 is 0. The summed E-state index contributed by atoms with van der Waals surface area (Å²) < 4.78 is 68.9. The second-order valence-corrected chi connectivity index (χ2v) is 13.6. The summed E-state index contributed by atoms with van der Waals surface area (Å²) in [6, 6.07) is 8.30. The molecule has 1 saturated heterocycles. The van der Waals surface area contributed by atoms with Gasteiger partial charge >= 0.3 is 0 Å². The maximum absolute atomic E-state index is 14.4. The molecular formula is C31H36F2N6O5S. The average Bonchev–Trinajstić information content (AvgIpc) is 3.64. The Morgan fingerprint density at radius 2 is 1.96 bits per heavy atom. The fourth-order valence-electron chi connectivity index (χ4n) is 5.66. The Labute approximate surface area is 259 Å². The molecule has 45 heavy (non-hydrogen) atoms. The molecule has 0 bridgehead atoms. The lowest BCUT2D eigenvalue weighted by Crippen LogP contribution is -2.21. The molecule has 2 aliphatic rings. The van der Waals surface area contributed by atoms with Gasteiger partial charge in [-0.3, -0.25) is 14.0 Å². The Morgan fingerprint density at radius 1 is 1.13 bits per heavy atom. The number of sulfone groups is 1. The van der Waals surface area contributed by atoms with Crippen molar-refractivity contribution >= 4 is 38.2 Å². The second kappa shape index (κ2) is 12.9. The number of benzene rings is 1. The summed E-state index contributed by atoms with van der Waals surface area (Å²) in [6.45, 7) is 1.67. The number of halogens is 2. The van der Waals surface area contributed by atoms with Crippen LogP contribution in [-0.2, 0) is 37.1 Å². The van der Waals surface area contributed by atoms with Gasteiger partial charge in [-0.05, 0) is 62.8 Å². The van der Waals surface area contributed by atoms with E-state index in [9.17, 15) is 22.0 Å². The Bertz CT molecular complexity index is 1810. The van der Waals surface area contributed by atoms with E-state index in [0.717, 1.165) is 38.4 Å². The van der Waals surface area contributed by atoms with Crippen molar-refractivity contribution in [3.05, 3.63) is 48.0 Å². The monoisotopic (exact) mass is 642 g/mol. The van der Waals surface area contributed by atoms with Gasteiger partial charge < -0.3 is 14.8 Å². The molecule has 4 heterocycles. The minimum Gasteiger partial charge on any atom is -0.385 e. The molecule has 1 saturated carbocycles. The third-order valence-corrected chi connectivity index (χ3v) is 9.21. The number of nitrogens with one attached hydrogen (secondary N) is 1. The predicted molar refractivity (Wildman–Crippen MR) is 163 cm³/mol. The van der Waals surface area contributed by atoms with Crippen molar-refractivity contribution in [2.45, 2.75) is 69.0 Å². The van der Waals surface area contributed by atoms with E-state index in [-0.39, 0.29) is 45.6 Å². The van der Waals surface area contributed by atoms with E-state index < -0.39 is 28.3 Å². The van der Waals surface area contributed by atoms with Crippen LogP contribution < -0.4 is 5.32 Å². The van der Waals surface area contributed by atoms with Crippen LogP contribution in [0.2, 0.25) is 0 Å². The number of aryl methyl sites for hydroxylation is 1. The number of fused-ring (bicyclic) bond motifs is 1. The number of ketones is 1. The summed E-state index contributed by atoms with van der Waals surface area (Å²) in [6.07, 6.45) is 3.94. The van der Waals surface area contributed by atoms with Crippen molar-refractivity contribution in [2.75, 3.05) is 31.9 Å². The molecule has 4 aromatic rings. The Morgan fingerprint density at radius 3 is 2.64 bits per heavy atom. The minimum atomic E-state index is -3.76. The first kappa shape index (κ1) is 31.2. The lowest BCUT2D eigenvalue weighted by atomic mass is 10.1. The van der Waals surface area contributed by atoms with Crippen LogP contribution >= 0.6 is 0 Å². The van der Waals surface area contributed by atoms with E-state index in [1.165, 1.54) is 10.6 Å². The topological polar surface area (TPSA) is 130 Å². The maximum Gasteiger partial charge on any atom is 0.295 e. The average molecular weight is 643 g/mol.